The summed E-state index contributed by atoms with van der Waals surface area (Å²) < 4.78 is 0. The average Bonchev–Trinajstić information content (AvgIpc) is 2.14. The van der Waals surface area contributed by atoms with Crippen molar-refractivity contribution in [2.45, 2.75) is 45.7 Å². The summed E-state index contributed by atoms with van der Waals surface area (Å²) in [5.41, 5.74) is 0.237. The van der Waals surface area contributed by atoms with Gasteiger partial charge in [-0.05, 0) is 27.2 Å². The van der Waals surface area contributed by atoms with Crippen LogP contribution in [0.1, 0.15) is 34.1 Å². The fourth-order valence-electron chi connectivity index (χ4n) is 1.98. The Bertz CT molecular complexity index is 234. The van der Waals surface area contributed by atoms with Crippen LogP contribution in [-0.4, -0.2) is 36.1 Å². The minimum absolute atomic E-state index is 0.237. The summed E-state index contributed by atoms with van der Waals surface area (Å²) in [6.07, 6.45) is 1.20. The second-order valence-electron chi connectivity index (χ2n) is 4.66. The van der Waals surface area contributed by atoms with E-state index in [2.05, 4.69) is 42.8 Å². The Labute approximate surface area is 88.1 Å². The average molecular weight is 194 g/mol. The zero-order valence-corrected chi connectivity index (χ0v) is 9.85. The highest BCUT2D eigenvalue weighted by Gasteiger charge is 2.30. The van der Waals surface area contributed by atoms with E-state index in [-0.39, 0.29) is 5.54 Å². The predicted octanol–water partition coefficient (Wildman–Crippen LogP) is 1.47. The lowest BCUT2D eigenvalue weighted by molar-refractivity contribution is 0.107. The van der Waals surface area contributed by atoms with E-state index in [1.165, 1.54) is 6.42 Å². The third kappa shape index (κ3) is 3.01. The summed E-state index contributed by atoms with van der Waals surface area (Å²) in [5, 5.41) is 3.58. The van der Waals surface area contributed by atoms with Gasteiger partial charge in [-0.15, -0.1) is 5.92 Å². The van der Waals surface area contributed by atoms with Crippen LogP contribution in [0.5, 0.6) is 0 Å². The third-order valence-electron chi connectivity index (χ3n) is 2.86. The van der Waals surface area contributed by atoms with Crippen LogP contribution in [-0.2, 0) is 0 Å². The van der Waals surface area contributed by atoms with Crippen molar-refractivity contribution in [1.82, 2.24) is 10.2 Å². The molecule has 0 saturated carbocycles. The largest absolute Gasteiger partial charge is 0.309 e. The van der Waals surface area contributed by atoms with E-state index in [0.717, 1.165) is 19.6 Å². The monoisotopic (exact) mass is 194 g/mol. The van der Waals surface area contributed by atoms with Crippen molar-refractivity contribution in [2.24, 2.45) is 0 Å². The van der Waals surface area contributed by atoms with Crippen molar-refractivity contribution in [3.63, 3.8) is 0 Å². The van der Waals surface area contributed by atoms with Crippen LogP contribution in [0.2, 0.25) is 0 Å². The molecule has 0 amide bonds. The van der Waals surface area contributed by atoms with Gasteiger partial charge in [0.2, 0.25) is 0 Å². The second-order valence-corrected chi connectivity index (χ2v) is 4.66. The van der Waals surface area contributed by atoms with Crippen molar-refractivity contribution in [2.75, 3.05) is 19.6 Å². The van der Waals surface area contributed by atoms with E-state index in [1.807, 2.05) is 6.92 Å². The lowest BCUT2D eigenvalue weighted by Crippen LogP contribution is -2.61. The van der Waals surface area contributed by atoms with Crippen molar-refractivity contribution >= 4 is 0 Å². The first-order chi connectivity index (χ1) is 6.59. The van der Waals surface area contributed by atoms with Crippen LogP contribution < -0.4 is 5.32 Å². The minimum atomic E-state index is 0.237. The van der Waals surface area contributed by atoms with Gasteiger partial charge in [0.15, 0.2) is 0 Å². The zero-order valence-electron chi connectivity index (χ0n) is 9.85. The van der Waals surface area contributed by atoms with Crippen LogP contribution in [0.3, 0.4) is 0 Å². The van der Waals surface area contributed by atoms with Crippen LogP contribution in [0.15, 0.2) is 0 Å². The Morgan fingerprint density at radius 1 is 1.50 bits per heavy atom. The van der Waals surface area contributed by atoms with E-state index < -0.39 is 0 Å². The first kappa shape index (κ1) is 11.6. The van der Waals surface area contributed by atoms with Gasteiger partial charge in [-0.1, -0.05) is 12.8 Å². The summed E-state index contributed by atoms with van der Waals surface area (Å²) in [5.74, 6) is 6.14. The summed E-state index contributed by atoms with van der Waals surface area (Å²) in [4.78, 5) is 2.49. The van der Waals surface area contributed by atoms with Gasteiger partial charge in [0.05, 0.1) is 6.54 Å². The number of nitrogens with zero attached hydrogens (tertiary/aromatic N) is 1. The van der Waals surface area contributed by atoms with Gasteiger partial charge in [0, 0.05) is 24.7 Å². The molecule has 1 aliphatic heterocycles. The molecule has 2 heteroatoms. The molecule has 1 rings (SSSR count). The minimum Gasteiger partial charge on any atom is -0.309 e. The summed E-state index contributed by atoms with van der Waals surface area (Å²) in [6, 6.07) is 0.656. The zero-order chi connectivity index (χ0) is 10.6. The molecule has 1 saturated heterocycles. The van der Waals surface area contributed by atoms with E-state index in [4.69, 9.17) is 0 Å². The smallest absolute Gasteiger partial charge is 0.0604 e. The SMILES string of the molecule is CC#CCN1CC(C)(C)NCC1CC. The molecule has 0 aromatic rings. The Balaban J connectivity index is 2.59. The number of hydrogen-bond donors (Lipinski definition) is 1. The lowest BCUT2D eigenvalue weighted by atomic mass is 9.98. The third-order valence-corrected chi connectivity index (χ3v) is 2.86. The molecular formula is C12H22N2. The highest BCUT2D eigenvalue weighted by Crippen LogP contribution is 2.16. The van der Waals surface area contributed by atoms with Crippen molar-refractivity contribution < 1.29 is 0 Å². The Kier molecular flexibility index (Phi) is 3.97. The number of nitrogens with one attached hydrogen (secondary N) is 1. The van der Waals surface area contributed by atoms with Crippen LogP contribution in [0.4, 0.5) is 0 Å². The Morgan fingerprint density at radius 3 is 2.79 bits per heavy atom. The normalized spacial score (nSPS) is 26.7. The number of rotatable bonds is 2. The van der Waals surface area contributed by atoms with Gasteiger partial charge in [-0.3, -0.25) is 4.90 Å². The van der Waals surface area contributed by atoms with Crippen molar-refractivity contribution in [3.05, 3.63) is 0 Å². The molecule has 14 heavy (non-hydrogen) atoms. The maximum absolute atomic E-state index is 3.58. The van der Waals surface area contributed by atoms with Crippen molar-refractivity contribution in [3.8, 4) is 11.8 Å². The maximum atomic E-state index is 3.58. The predicted molar refractivity (Wildman–Crippen MR) is 61.2 cm³/mol. The van der Waals surface area contributed by atoms with E-state index in [0.29, 0.717) is 6.04 Å². The highest BCUT2D eigenvalue weighted by atomic mass is 15.2. The molecule has 1 aliphatic rings. The summed E-state index contributed by atoms with van der Waals surface area (Å²) in [6.45, 7) is 11.8. The molecule has 0 aliphatic carbocycles. The molecule has 0 bridgehead atoms. The molecule has 1 heterocycles. The lowest BCUT2D eigenvalue weighted by Gasteiger charge is -2.43. The standard InChI is InChI=1S/C12H22N2/c1-5-7-8-14-10-12(3,4)13-9-11(14)6-2/h11,13H,6,8-10H2,1-4H3. The fourth-order valence-corrected chi connectivity index (χ4v) is 1.98. The van der Waals surface area contributed by atoms with Gasteiger partial charge in [0.25, 0.3) is 0 Å². The quantitative estimate of drug-likeness (QED) is 0.670. The van der Waals surface area contributed by atoms with Crippen LogP contribution in [0.25, 0.3) is 0 Å². The number of hydrogen-bond acceptors (Lipinski definition) is 2. The molecule has 0 aromatic carbocycles. The van der Waals surface area contributed by atoms with E-state index in [1.54, 1.807) is 0 Å². The molecule has 1 unspecified atom stereocenters. The fraction of sp³-hybridized carbons (Fsp3) is 0.833. The number of piperazine rings is 1. The maximum Gasteiger partial charge on any atom is 0.0604 e. The molecule has 1 N–H and O–H groups in total. The molecular weight excluding hydrogens is 172 g/mol. The van der Waals surface area contributed by atoms with Crippen LogP contribution in [0, 0.1) is 11.8 Å². The van der Waals surface area contributed by atoms with Gasteiger partial charge >= 0.3 is 0 Å². The molecule has 0 aromatic heterocycles. The van der Waals surface area contributed by atoms with Crippen LogP contribution >= 0.6 is 0 Å². The van der Waals surface area contributed by atoms with Gasteiger partial charge in [-0.25, -0.2) is 0 Å². The molecule has 2 nitrogen and oxygen atoms in total. The molecule has 0 spiro atoms. The Hall–Kier alpha value is -0.520. The molecule has 0 radical (unpaired) electrons. The van der Waals surface area contributed by atoms with Gasteiger partial charge < -0.3 is 5.32 Å². The van der Waals surface area contributed by atoms with Gasteiger partial charge in [-0.2, -0.15) is 0 Å². The van der Waals surface area contributed by atoms with Gasteiger partial charge in [0.1, 0.15) is 0 Å². The summed E-state index contributed by atoms with van der Waals surface area (Å²) in [7, 11) is 0. The summed E-state index contributed by atoms with van der Waals surface area (Å²) >= 11 is 0. The van der Waals surface area contributed by atoms with Crippen molar-refractivity contribution in [1.29, 1.82) is 0 Å². The van der Waals surface area contributed by atoms with E-state index in [9.17, 15) is 0 Å². The first-order valence-electron chi connectivity index (χ1n) is 5.47. The topological polar surface area (TPSA) is 15.3 Å². The second kappa shape index (κ2) is 4.82. The highest BCUT2D eigenvalue weighted by molar-refractivity contribution is 5.02. The molecule has 1 fully saturated rings. The molecule has 1 atom stereocenters. The molecule has 80 valence electrons. The van der Waals surface area contributed by atoms with E-state index >= 15 is 0 Å². The Morgan fingerprint density at radius 2 is 2.21 bits per heavy atom. The first-order valence-corrected chi connectivity index (χ1v) is 5.47.